The number of benzene rings is 2. The van der Waals surface area contributed by atoms with Gasteiger partial charge in [0.1, 0.15) is 0 Å². The summed E-state index contributed by atoms with van der Waals surface area (Å²) in [5.41, 5.74) is 2.11. The molecule has 5 nitrogen and oxygen atoms in total. The van der Waals surface area contributed by atoms with E-state index in [1.165, 1.54) is 11.8 Å². The molecule has 0 aromatic heterocycles. The largest absolute Gasteiger partial charge is 0.432 e. The van der Waals surface area contributed by atoms with E-state index < -0.39 is 24.2 Å². The number of hydrogen-bond donors (Lipinski definition) is 0. The van der Waals surface area contributed by atoms with Gasteiger partial charge in [0.2, 0.25) is 0 Å². The van der Waals surface area contributed by atoms with Crippen LogP contribution in [0.25, 0.3) is 0 Å². The van der Waals surface area contributed by atoms with E-state index in [4.69, 9.17) is 23.2 Å². The number of nitrogens with zero attached hydrogens (tertiary/aromatic N) is 2. The van der Waals surface area contributed by atoms with E-state index in [1.54, 1.807) is 0 Å². The topological polar surface area (TPSA) is 49.9 Å². The number of ether oxygens (including phenoxy) is 1. The fraction of sp³-hybridized carbons (Fsp3) is 0.440. The summed E-state index contributed by atoms with van der Waals surface area (Å²) in [6.45, 7) is 3.17. The van der Waals surface area contributed by atoms with Gasteiger partial charge in [0.05, 0.1) is 6.04 Å². The van der Waals surface area contributed by atoms with Crippen molar-refractivity contribution in [3.8, 4) is 0 Å². The van der Waals surface area contributed by atoms with Crippen LogP contribution in [-0.4, -0.2) is 60.1 Å². The monoisotopic (exact) mass is 528 g/mol. The first-order chi connectivity index (χ1) is 16.6. The molecular formula is C25H25Cl2F3N2O3. The molecule has 35 heavy (non-hydrogen) atoms. The molecular weight excluding hydrogens is 504 g/mol. The van der Waals surface area contributed by atoms with E-state index in [9.17, 15) is 22.8 Å². The van der Waals surface area contributed by atoms with Gasteiger partial charge in [0, 0.05) is 42.6 Å². The van der Waals surface area contributed by atoms with E-state index in [-0.39, 0.29) is 37.4 Å². The minimum atomic E-state index is -4.93. The minimum absolute atomic E-state index is 0.0627. The third-order valence-electron chi connectivity index (χ3n) is 6.67. The van der Waals surface area contributed by atoms with Gasteiger partial charge in [-0.3, -0.25) is 9.69 Å². The Labute approximate surface area is 211 Å². The van der Waals surface area contributed by atoms with Crippen molar-refractivity contribution in [1.82, 2.24) is 9.80 Å². The van der Waals surface area contributed by atoms with Gasteiger partial charge >= 0.3 is 12.3 Å². The molecule has 0 aliphatic carbocycles. The standard InChI is InChI=1S/C25H25Cl2F3N2O3/c1-2-21(33)23(25(28,29)30)35-24(34)32-13-17-11-31(12-18(17)14-32)22(15-3-7-19(26)8-4-15)16-5-9-20(27)10-6-16/h3-10,17-18,22-23H,2,11-14H2,1H3. The lowest BCUT2D eigenvalue weighted by atomic mass is 9.97. The lowest BCUT2D eigenvalue weighted by Gasteiger charge is -2.31. The quantitative estimate of drug-likeness (QED) is 0.461. The smallest absolute Gasteiger partial charge is 0.428 e. The van der Waals surface area contributed by atoms with Gasteiger partial charge in [-0.05, 0) is 47.2 Å². The van der Waals surface area contributed by atoms with Crippen molar-refractivity contribution in [2.75, 3.05) is 26.2 Å². The van der Waals surface area contributed by atoms with Crippen LogP contribution in [-0.2, 0) is 9.53 Å². The van der Waals surface area contributed by atoms with Crippen LogP contribution in [0.1, 0.15) is 30.5 Å². The molecule has 0 spiro atoms. The van der Waals surface area contributed by atoms with Crippen LogP contribution in [0.4, 0.5) is 18.0 Å². The van der Waals surface area contributed by atoms with Crippen molar-refractivity contribution in [2.45, 2.75) is 31.7 Å². The van der Waals surface area contributed by atoms with Gasteiger partial charge in [0.25, 0.3) is 6.10 Å². The molecule has 2 saturated heterocycles. The number of Topliss-reactive ketones (excluding diaryl/α,β-unsaturated/α-hetero) is 1. The Morgan fingerprint density at radius 3 is 1.77 bits per heavy atom. The van der Waals surface area contributed by atoms with Crippen molar-refractivity contribution in [3.05, 3.63) is 69.7 Å². The fourth-order valence-corrected chi connectivity index (χ4v) is 5.22. The first kappa shape index (κ1) is 25.8. The summed E-state index contributed by atoms with van der Waals surface area (Å²) in [7, 11) is 0. The van der Waals surface area contributed by atoms with Gasteiger partial charge < -0.3 is 9.64 Å². The average Bonchev–Trinajstić information content (AvgIpc) is 3.38. The molecule has 0 N–H and O–H groups in total. The number of carbonyl (C=O) groups is 2. The highest BCUT2D eigenvalue weighted by atomic mass is 35.5. The Hall–Kier alpha value is -2.29. The Kier molecular flexibility index (Phi) is 7.64. The number of likely N-dealkylation sites (tertiary alicyclic amines) is 2. The van der Waals surface area contributed by atoms with Gasteiger partial charge in [-0.15, -0.1) is 0 Å². The highest BCUT2D eigenvalue weighted by molar-refractivity contribution is 6.30. The van der Waals surface area contributed by atoms with Crippen molar-refractivity contribution in [2.24, 2.45) is 11.8 Å². The maximum absolute atomic E-state index is 13.2. The minimum Gasteiger partial charge on any atom is -0.428 e. The number of halogens is 5. The molecule has 3 unspecified atom stereocenters. The Bertz CT molecular complexity index is 1000. The lowest BCUT2D eigenvalue weighted by Crippen LogP contribution is -2.44. The molecule has 0 saturated carbocycles. The van der Waals surface area contributed by atoms with E-state index in [0.29, 0.717) is 23.1 Å². The molecule has 2 heterocycles. The zero-order chi connectivity index (χ0) is 25.3. The molecule has 2 aliphatic heterocycles. The lowest BCUT2D eigenvalue weighted by molar-refractivity contribution is -0.205. The normalized spacial score (nSPS) is 21.3. The second-order valence-electron chi connectivity index (χ2n) is 9.01. The van der Waals surface area contributed by atoms with Crippen molar-refractivity contribution >= 4 is 35.1 Å². The van der Waals surface area contributed by atoms with Crippen molar-refractivity contribution in [1.29, 1.82) is 0 Å². The molecule has 2 aromatic carbocycles. The molecule has 0 bridgehead atoms. The zero-order valence-electron chi connectivity index (χ0n) is 19.0. The third kappa shape index (κ3) is 5.76. The molecule has 4 rings (SSSR count). The Balaban J connectivity index is 1.47. The molecule has 10 heteroatoms. The first-order valence-corrected chi connectivity index (χ1v) is 12.1. The summed E-state index contributed by atoms with van der Waals surface area (Å²) in [5.74, 6) is -1.00. The summed E-state index contributed by atoms with van der Waals surface area (Å²) in [6, 6.07) is 15.2. The van der Waals surface area contributed by atoms with Gasteiger partial charge in [-0.2, -0.15) is 13.2 Å². The van der Waals surface area contributed by atoms with E-state index >= 15 is 0 Å². The van der Waals surface area contributed by atoms with Crippen LogP contribution < -0.4 is 0 Å². The van der Waals surface area contributed by atoms with E-state index in [1.807, 2.05) is 48.5 Å². The van der Waals surface area contributed by atoms with Crippen LogP contribution in [0, 0.1) is 11.8 Å². The van der Waals surface area contributed by atoms with Gasteiger partial charge in [0.15, 0.2) is 5.78 Å². The highest BCUT2D eigenvalue weighted by Crippen LogP contribution is 2.39. The SMILES string of the molecule is CCC(=O)C(OC(=O)N1CC2CN(C(c3ccc(Cl)cc3)c3ccc(Cl)cc3)CC2C1)C(F)(F)F. The summed E-state index contributed by atoms with van der Waals surface area (Å²) >= 11 is 12.2. The Morgan fingerprint density at radius 2 is 1.37 bits per heavy atom. The fourth-order valence-electron chi connectivity index (χ4n) is 4.97. The number of carbonyl (C=O) groups excluding carboxylic acids is 2. The van der Waals surface area contributed by atoms with Crippen molar-refractivity contribution < 1.29 is 27.5 Å². The molecule has 188 valence electrons. The average molecular weight is 529 g/mol. The van der Waals surface area contributed by atoms with Crippen LogP contribution in [0.5, 0.6) is 0 Å². The highest BCUT2D eigenvalue weighted by Gasteiger charge is 2.50. The second kappa shape index (κ2) is 10.4. The number of rotatable bonds is 6. The predicted octanol–water partition coefficient (Wildman–Crippen LogP) is 5.99. The third-order valence-corrected chi connectivity index (χ3v) is 7.17. The summed E-state index contributed by atoms with van der Waals surface area (Å²) in [5, 5.41) is 1.27. The maximum atomic E-state index is 13.2. The van der Waals surface area contributed by atoms with Crippen LogP contribution in [0.3, 0.4) is 0 Å². The molecule has 0 radical (unpaired) electrons. The molecule has 2 aromatic rings. The Morgan fingerprint density at radius 1 is 0.914 bits per heavy atom. The van der Waals surface area contributed by atoms with E-state index in [0.717, 1.165) is 11.1 Å². The molecule has 2 fully saturated rings. The molecule has 3 atom stereocenters. The molecule has 2 aliphatic rings. The van der Waals surface area contributed by atoms with Crippen molar-refractivity contribution in [3.63, 3.8) is 0 Å². The molecule has 1 amide bonds. The number of fused-ring (bicyclic) bond motifs is 1. The number of ketones is 1. The van der Waals surface area contributed by atoms with E-state index in [2.05, 4.69) is 9.64 Å². The summed E-state index contributed by atoms with van der Waals surface area (Å²) < 4.78 is 44.3. The summed E-state index contributed by atoms with van der Waals surface area (Å²) in [6.07, 6.45) is -9.12. The second-order valence-corrected chi connectivity index (χ2v) is 9.88. The van der Waals surface area contributed by atoms with Crippen LogP contribution in [0.15, 0.2) is 48.5 Å². The number of amides is 1. The number of alkyl halides is 3. The first-order valence-electron chi connectivity index (χ1n) is 11.4. The number of hydrogen-bond acceptors (Lipinski definition) is 4. The van der Waals surface area contributed by atoms with Crippen LogP contribution in [0.2, 0.25) is 10.0 Å². The maximum Gasteiger partial charge on any atom is 0.432 e. The van der Waals surface area contributed by atoms with Gasteiger partial charge in [-0.1, -0.05) is 54.4 Å². The predicted molar refractivity (Wildman–Crippen MR) is 126 cm³/mol. The summed E-state index contributed by atoms with van der Waals surface area (Å²) in [4.78, 5) is 27.8. The van der Waals surface area contributed by atoms with Crippen LogP contribution >= 0.6 is 23.2 Å². The van der Waals surface area contributed by atoms with Gasteiger partial charge in [-0.25, -0.2) is 4.79 Å². The zero-order valence-corrected chi connectivity index (χ0v) is 20.5.